The monoisotopic (exact) mass is 214 g/mol. The van der Waals surface area contributed by atoms with E-state index in [9.17, 15) is 9.59 Å². The van der Waals surface area contributed by atoms with Crippen LogP contribution in [-0.2, 0) is 9.59 Å². The van der Waals surface area contributed by atoms with Gasteiger partial charge in [-0.2, -0.15) is 0 Å². The molecule has 5 heteroatoms. The molecule has 0 aliphatic rings. The fourth-order valence-corrected chi connectivity index (χ4v) is 2.63. The molecule has 4 nitrogen and oxygen atoms in total. The lowest BCUT2D eigenvalue weighted by Crippen LogP contribution is -2.51. The molecule has 0 fully saturated rings. The summed E-state index contributed by atoms with van der Waals surface area (Å²) < 4.78 is 0. The van der Waals surface area contributed by atoms with Crippen LogP contribution in [0, 0.1) is 0 Å². The van der Waals surface area contributed by atoms with E-state index in [1.54, 1.807) is 13.8 Å². The molecule has 0 unspecified atom stereocenters. The molecule has 0 saturated carbocycles. The van der Waals surface area contributed by atoms with Gasteiger partial charge in [0.25, 0.3) is 9.12 Å². The fraction of sp³-hybridized carbons (Fsp3) is 0.556. The van der Waals surface area contributed by atoms with Crippen molar-refractivity contribution in [3.63, 3.8) is 0 Å². The third-order valence-corrected chi connectivity index (χ3v) is 3.70. The third-order valence-electron chi connectivity index (χ3n) is 1.66. The van der Waals surface area contributed by atoms with Crippen molar-refractivity contribution in [1.29, 1.82) is 0 Å². The van der Waals surface area contributed by atoms with Gasteiger partial charge in [0.1, 0.15) is 0 Å². The standard InChI is InChI=1S/C9H18N2O2Si/c1-4-7-14(10-8(12)5-2)11-9(13)6-3/h4,7,14H,5-6H2,1-3H3,(H,10,12)(H,11,13). The van der Waals surface area contributed by atoms with Crippen LogP contribution in [0.4, 0.5) is 0 Å². The van der Waals surface area contributed by atoms with Crippen molar-refractivity contribution >= 4 is 20.9 Å². The zero-order chi connectivity index (χ0) is 11.0. The first-order chi connectivity index (χ1) is 6.63. The van der Waals surface area contributed by atoms with E-state index >= 15 is 0 Å². The minimum Gasteiger partial charge on any atom is -0.364 e. The van der Waals surface area contributed by atoms with E-state index in [1.807, 2.05) is 18.7 Å². The van der Waals surface area contributed by atoms with Gasteiger partial charge in [0.15, 0.2) is 0 Å². The van der Waals surface area contributed by atoms with Crippen molar-refractivity contribution in [1.82, 2.24) is 9.96 Å². The number of hydrogen-bond acceptors (Lipinski definition) is 2. The highest BCUT2D eigenvalue weighted by Crippen LogP contribution is 1.83. The van der Waals surface area contributed by atoms with E-state index in [1.165, 1.54) is 0 Å². The molecule has 0 rings (SSSR count). The smallest absolute Gasteiger partial charge is 0.272 e. The van der Waals surface area contributed by atoms with Gasteiger partial charge in [-0.05, 0) is 6.92 Å². The van der Waals surface area contributed by atoms with E-state index in [2.05, 4.69) is 9.96 Å². The lowest BCUT2D eigenvalue weighted by molar-refractivity contribution is -0.119. The molecule has 2 amide bonds. The van der Waals surface area contributed by atoms with Gasteiger partial charge >= 0.3 is 0 Å². The van der Waals surface area contributed by atoms with Crippen LogP contribution in [0.25, 0.3) is 0 Å². The van der Waals surface area contributed by atoms with Gasteiger partial charge in [0.2, 0.25) is 11.8 Å². The molecule has 0 atom stereocenters. The molecule has 14 heavy (non-hydrogen) atoms. The van der Waals surface area contributed by atoms with Crippen molar-refractivity contribution in [2.75, 3.05) is 0 Å². The summed E-state index contributed by atoms with van der Waals surface area (Å²) in [5.74, 6) is -0.0349. The van der Waals surface area contributed by atoms with Crippen LogP contribution in [0.5, 0.6) is 0 Å². The normalized spacial score (nSPS) is 10.6. The maximum atomic E-state index is 11.1. The molecule has 0 aromatic heterocycles. The van der Waals surface area contributed by atoms with Crippen LogP contribution >= 0.6 is 0 Å². The first-order valence-electron chi connectivity index (χ1n) is 4.85. The Kier molecular flexibility index (Phi) is 6.74. The topological polar surface area (TPSA) is 58.2 Å². The predicted molar refractivity (Wildman–Crippen MR) is 58.8 cm³/mol. The molecule has 0 aromatic rings. The van der Waals surface area contributed by atoms with Crippen LogP contribution in [0.2, 0.25) is 0 Å². The Labute approximate surface area is 86.5 Å². The average molecular weight is 214 g/mol. The molecule has 0 aliphatic heterocycles. The summed E-state index contributed by atoms with van der Waals surface area (Å²) in [5.41, 5.74) is 1.88. The minimum atomic E-state index is -1.76. The molecular formula is C9H18N2O2Si. The Hall–Kier alpha value is -1.10. The van der Waals surface area contributed by atoms with Gasteiger partial charge in [0.05, 0.1) is 0 Å². The van der Waals surface area contributed by atoms with Crippen LogP contribution in [0.15, 0.2) is 11.8 Å². The van der Waals surface area contributed by atoms with Gasteiger partial charge in [-0.1, -0.05) is 25.6 Å². The van der Waals surface area contributed by atoms with E-state index in [0.717, 1.165) is 0 Å². The molecule has 0 heterocycles. The van der Waals surface area contributed by atoms with Gasteiger partial charge in [-0.15, -0.1) is 0 Å². The van der Waals surface area contributed by atoms with Gasteiger partial charge in [-0.3, -0.25) is 9.59 Å². The second-order valence-electron chi connectivity index (χ2n) is 2.85. The summed E-state index contributed by atoms with van der Waals surface area (Å²) in [4.78, 5) is 27.8. The number of rotatable bonds is 5. The number of hydrogen-bond donors (Lipinski definition) is 2. The zero-order valence-corrected chi connectivity index (χ0v) is 10.1. The first kappa shape index (κ1) is 12.9. The quantitative estimate of drug-likeness (QED) is 0.650. The molecule has 0 aromatic carbocycles. The Morgan fingerprint density at radius 3 is 1.86 bits per heavy atom. The van der Waals surface area contributed by atoms with Crippen LogP contribution in [-0.4, -0.2) is 20.9 Å². The summed E-state index contributed by atoms with van der Waals surface area (Å²) in [6, 6.07) is 0. The molecule has 0 aliphatic carbocycles. The number of nitrogens with one attached hydrogen (secondary N) is 2. The molecule has 0 radical (unpaired) electrons. The third kappa shape index (κ3) is 5.53. The second kappa shape index (κ2) is 7.31. The largest absolute Gasteiger partial charge is 0.364 e. The highest BCUT2D eigenvalue weighted by molar-refractivity contribution is 6.64. The zero-order valence-electron chi connectivity index (χ0n) is 8.96. The van der Waals surface area contributed by atoms with E-state index in [4.69, 9.17) is 0 Å². The molecule has 2 N–H and O–H groups in total. The second-order valence-corrected chi connectivity index (χ2v) is 4.76. The fourth-order valence-electron chi connectivity index (χ4n) is 0.876. The lowest BCUT2D eigenvalue weighted by Gasteiger charge is -2.13. The maximum Gasteiger partial charge on any atom is 0.272 e. The number of carbonyl (C=O) groups excluding carboxylic acids is 2. The molecule has 80 valence electrons. The molecule has 0 bridgehead atoms. The summed E-state index contributed by atoms with van der Waals surface area (Å²) in [6.07, 6.45) is 2.74. The lowest BCUT2D eigenvalue weighted by atomic mass is 10.5. The van der Waals surface area contributed by atoms with Crippen molar-refractivity contribution in [2.24, 2.45) is 0 Å². The number of allylic oxidation sites excluding steroid dienone is 1. The van der Waals surface area contributed by atoms with Crippen LogP contribution in [0.1, 0.15) is 33.6 Å². The maximum absolute atomic E-state index is 11.1. The first-order valence-corrected chi connectivity index (χ1v) is 6.67. The van der Waals surface area contributed by atoms with Crippen molar-refractivity contribution in [2.45, 2.75) is 33.6 Å². The van der Waals surface area contributed by atoms with E-state index < -0.39 is 9.12 Å². The van der Waals surface area contributed by atoms with Gasteiger partial charge < -0.3 is 9.96 Å². The summed E-state index contributed by atoms with van der Waals surface area (Å²) in [6.45, 7) is 5.45. The average Bonchev–Trinajstić information content (AvgIpc) is 2.17. The Morgan fingerprint density at radius 1 is 1.14 bits per heavy atom. The predicted octanol–water partition coefficient (Wildman–Crippen LogP) is 0.375. The number of carbonyl (C=O) groups is 2. The van der Waals surface area contributed by atoms with Crippen LogP contribution in [0.3, 0.4) is 0 Å². The Bertz CT molecular complexity index is 211. The molecular weight excluding hydrogens is 196 g/mol. The van der Waals surface area contributed by atoms with Crippen molar-refractivity contribution in [3.05, 3.63) is 11.8 Å². The van der Waals surface area contributed by atoms with Crippen molar-refractivity contribution < 1.29 is 9.59 Å². The van der Waals surface area contributed by atoms with Gasteiger partial charge in [-0.25, -0.2) is 0 Å². The highest BCUT2D eigenvalue weighted by atomic mass is 28.3. The summed E-state index contributed by atoms with van der Waals surface area (Å²) >= 11 is 0. The van der Waals surface area contributed by atoms with Crippen molar-refractivity contribution in [3.8, 4) is 0 Å². The van der Waals surface area contributed by atoms with Crippen LogP contribution < -0.4 is 9.96 Å². The number of amides is 2. The van der Waals surface area contributed by atoms with E-state index in [0.29, 0.717) is 12.8 Å². The Morgan fingerprint density at radius 2 is 1.57 bits per heavy atom. The summed E-state index contributed by atoms with van der Waals surface area (Å²) in [7, 11) is -1.76. The molecule has 0 spiro atoms. The SMILES string of the molecule is CC=C[SiH](NC(=O)CC)NC(=O)CC. The molecule has 0 saturated heterocycles. The minimum absolute atomic E-state index is 0.0174. The van der Waals surface area contributed by atoms with Gasteiger partial charge in [0, 0.05) is 12.8 Å². The summed E-state index contributed by atoms with van der Waals surface area (Å²) in [5, 5.41) is 0. The van der Waals surface area contributed by atoms with E-state index in [-0.39, 0.29) is 11.8 Å². The Balaban J connectivity index is 4.15. The highest BCUT2D eigenvalue weighted by Gasteiger charge is 2.11.